The molecule has 1 aliphatic rings. The van der Waals surface area contributed by atoms with E-state index in [1.54, 1.807) is 24.3 Å². The standard InChI is InChI=1S/C14H19N5O3S/c1-11-8-18(9-14(2,3)22-11)23(20,21)13-6-4-5-12(7-13)19-10-15-16-17-19/h4-7,10-11H,8-9H2,1-3H3. The minimum absolute atomic E-state index is 0.156. The van der Waals surface area contributed by atoms with E-state index in [1.807, 2.05) is 20.8 Å². The molecule has 0 amide bonds. The van der Waals surface area contributed by atoms with Crippen molar-refractivity contribution < 1.29 is 13.2 Å². The Kier molecular flexibility index (Phi) is 3.95. The quantitative estimate of drug-likeness (QED) is 0.825. The van der Waals surface area contributed by atoms with Gasteiger partial charge in [-0.3, -0.25) is 0 Å². The van der Waals surface area contributed by atoms with Crippen molar-refractivity contribution in [1.82, 2.24) is 24.5 Å². The van der Waals surface area contributed by atoms with Crippen molar-refractivity contribution in [3.05, 3.63) is 30.6 Å². The van der Waals surface area contributed by atoms with Gasteiger partial charge in [0.2, 0.25) is 10.0 Å². The van der Waals surface area contributed by atoms with Gasteiger partial charge in [-0.2, -0.15) is 4.31 Å². The third-order valence-corrected chi connectivity index (χ3v) is 5.41. The number of benzene rings is 1. The number of tetrazole rings is 1. The van der Waals surface area contributed by atoms with Gasteiger partial charge in [0.25, 0.3) is 0 Å². The molecule has 3 rings (SSSR count). The number of morpholine rings is 1. The fourth-order valence-corrected chi connectivity index (χ4v) is 4.50. The van der Waals surface area contributed by atoms with E-state index < -0.39 is 15.6 Å². The van der Waals surface area contributed by atoms with Crippen molar-refractivity contribution in [3.63, 3.8) is 0 Å². The minimum Gasteiger partial charge on any atom is -0.370 e. The predicted molar refractivity (Wildman–Crippen MR) is 82.5 cm³/mol. The second-order valence-electron chi connectivity index (χ2n) is 6.24. The molecule has 23 heavy (non-hydrogen) atoms. The van der Waals surface area contributed by atoms with Crippen molar-refractivity contribution in [1.29, 1.82) is 0 Å². The monoisotopic (exact) mass is 337 g/mol. The first-order valence-corrected chi connectivity index (χ1v) is 8.73. The summed E-state index contributed by atoms with van der Waals surface area (Å²) in [5, 5.41) is 10.9. The minimum atomic E-state index is -3.61. The molecule has 0 aliphatic carbocycles. The number of ether oxygens (including phenoxy) is 1. The predicted octanol–water partition coefficient (Wildman–Crippen LogP) is 0.850. The zero-order chi connectivity index (χ0) is 16.7. The first-order valence-electron chi connectivity index (χ1n) is 7.29. The first-order chi connectivity index (χ1) is 10.8. The number of aromatic nitrogens is 4. The molecule has 0 N–H and O–H groups in total. The van der Waals surface area contributed by atoms with Crippen molar-refractivity contribution in [2.75, 3.05) is 13.1 Å². The molecule has 2 aromatic rings. The van der Waals surface area contributed by atoms with Gasteiger partial charge in [0, 0.05) is 13.1 Å². The summed E-state index contributed by atoms with van der Waals surface area (Å²) in [5.41, 5.74) is 0.0784. The molecule has 124 valence electrons. The van der Waals surface area contributed by atoms with Crippen LogP contribution >= 0.6 is 0 Å². The first kappa shape index (κ1) is 16.0. The molecule has 0 radical (unpaired) electrons. The van der Waals surface area contributed by atoms with Crippen molar-refractivity contribution >= 4 is 10.0 Å². The lowest BCUT2D eigenvalue weighted by atomic mass is 10.1. The molecule has 1 aromatic heterocycles. The van der Waals surface area contributed by atoms with Gasteiger partial charge in [-0.05, 0) is 49.4 Å². The van der Waals surface area contributed by atoms with Crippen LogP contribution in [0.15, 0.2) is 35.5 Å². The van der Waals surface area contributed by atoms with Gasteiger partial charge < -0.3 is 4.74 Å². The Morgan fingerprint density at radius 1 is 1.35 bits per heavy atom. The maximum absolute atomic E-state index is 13.0. The molecule has 1 aliphatic heterocycles. The molecular weight excluding hydrogens is 318 g/mol. The molecule has 0 saturated carbocycles. The summed E-state index contributed by atoms with van der Waals surface area (Å²) in [6.07, 6.45) is 1.27. The molecule has 0 bridgehead atoms. The van der Waals surface area contributed by atoms with Gasteiger partial charge in [-0.25, -0.2) is 13.1 Å². The van der Waals surface area contributed by atoms with E-state index in [-0.39, 0.29) is 11.0 Å². The molecule has 1 fully saturated rings. The Morgan fingerprint density at radius 2 is 2.13 bits per heavy atom. The van der Waals surface area contributed by atoms with Crippen molar-refractivity contribution in [2.24, 2.45) is 0 Å². The van der Waals surface area contributed by atoms with Crippen LogP contribution in [0.25, 0.3) is 5.69 Å². The molecule has 1 atom stereocenters. The average Bonchev–Trinajstić information content (AvgIpc) is 2.99. The van der Waals surface area contributed by atoms with Crippen LogP contribution in [0.2, 0.25) is 0 Å². The highest BCUT2D eigenvalue weighted by atomic mass is 32.2. The van der Waals surface area contributed by atoms with Crippen LogP contribution in [-0.4, -0.2) is 57.7 Å². The van der Waals surface area contributed by atoms with E-state index in [0.29, 0.717) is 18.8 Å². The molecule has 1 unspecified atom stereocenters. The van der Waals surface area contributed by atoms with Crippen LogP contribution in [0.3, 0.4) is 0 Å². The Labute approximate surface area is 135 Å². The van der Waals surface area contributed by atoms with Crippen LogP contribution in [0.1, 0.15) is 20.8 Å². The summed E-state index contributed by atoms with van der Waals surface area (Å²) >= 11 is 0. The highest BCUT2D eigenvalue weighted by Gasteiger charge is 2.37. The van der Waals surface area contributed by atoms with Gasteiger partial charge in [-0.15, -0.1) is 5.10 Å². The highest BCUT2D eigenvalue weighted by molar-refractivity contribution is 7.89. The van der Waals surface area contributed by atoms with Gasteiger partial charge in [0.05, 0.1) is 22.3 Å². The topological polar surface area (TPSA) is 90.2 Å². The van der Waals surface area contributed by atoms with Gasteiger partial charge >= 0.3 is 0 Å². The second kappa shape index (κ2) is 5.66. The van der Waals surface area contributed by atoms with Crippen molar-refractivity contribution in [2.45, 2.75) is 37.4 Å². The second-order valence-corrected chi connectivity index (χ2v) is 8.18. The SMILES string of the molecule is CC1CN(S(=O)(=O)c2cccc(-n3cnnn3)c2)CC(C)(C)O1. The number of sulfonamides is 1. The zero-order valence-corrected chi connectivity index (χ0v) is 14.1. The van der Waals surface area contributed by atoms with E-state index in [0.717, 1.165) is 0 Å². The van der Waals surface area contributed by atoms with E-state index >= 15 is 0 Å². The van der Waals surface area contributed by atoms with Crippen LogP contribution in [0, 0.1) is 0 Å². The fourth-order valence-electron chi connectivity index (χ4n) is 2.79. The van der Waals surface area contributed by atoms with E-state index in [1.165, 1.54) is 15.3 Å². The van der Waals surface area contributed by atoms with Crippen LogP contribution in [0.5, 0.6) is 0 Å². The number of hydrogen-bond acceptors (Lipinski definition) is 6. The van der Waals surface area contributed by atoms with Crippen molar-refractivity contribution in [3.8, 4) is 5.69 Å². The lowest BCUT2D eigenvalue weighted by Crippen LogP contribution is -2.53. The third kappa shape index (κ3) is 3.26. The van der Waals surface area contributed by atoms with Gasteiger partial charge in [0.15, 0.2) is 0 Å². The summed E-state index contributed by atoms with van der Waals surface area (Å²) in [7, 11) is -3.61. The largest absolute Gasteiger partial charge is 0.370 e. The van der Waals surface area contributed by atoms with Crippen LogP contribution in [0.4, 0.5) is 0 Å². The summed E-state index contributed by atoms with van der Waals surface area (Å²) in [6, 6.07) is 6.58. The van der Waals surface area contributed by atoms with E-state index in [2.05, 4.69) is 15.5 Å². The summed E-state index contributed by atoms with van der Waals surface area (Å²) < 4.78 is 34.6. The molecule has 1 aromatic carbocycles. The normalized spacial score (nSPS) is 22.1. The van der Waals surface area contributed by atoms with Gasteiger partial charge in [0.1, 0.15) is 6.33 Å². The fraction of sp³-hybridized carbons (Fsp3) is 0.500. The third-order valence-electron chi connectivity index (χ3n) is 3.61. The van der Waals surface area contributed by atoms with E-state index in [9.17, 15) is 8.42 Å². The molecular formula is C14H19N5O3S. The molecule has 1 saturated heterocycles. The molecule has 2 heterocycles. The smallest absolute Gasteiger partial charge is 0.243 e. The van der Waals surface area contributed by atoms with Crippen LogP contribution in [-0.2, 0) is 14.8 Å². The molecule has 9 heteroatoms. The zero-order valence-electron chi connectivity index (χ0n) is 13.2. The Balaban J connectivity index is 1.95. The molecule has 8 nitrogen and oxygen atoms in total. The lowest BCUT2D eigenvalue weighted by Gasteiger charge is -2.40. The van der Waals surface area contributed by atoms with E-state index in [4.69, 9.17) is 4.74 Å². The maximum atomic E-state index is 13.0. The summed E-state index contributed by atoms with van der Waals surface area (Å²) in [5.74, 6) is 0. The average molecular weight is 337 g/mol. The Bertz CT molecular complexity index is 789. The highest BCUT2D eigenvalue weighted by Crippen LogP contribution is 2.27. The number of nitrogens with zero attached hydrogens (tertiary/aromatic N) is 5. The maximum Gasteiger partial charge on any atom is 0.243 e. The van der Waals surface area contributed by atoms with Gasteiger partial charge in [-0.1, -0.05) is 6.07 Å². The lowest BCUT2D eigenvalue weighted by molar-refractivity contribution is -0.109. The number of rotatable bonds is 3. The Morgan fingerprint density at radius 3 is 2.78 bits per heavy atom. The summed E-state index contributed by atoms with van der Waals surface area (Å²) in [4.78, 5) is 0.218. The summed E-state index contributed by atoms with van der Waals surface area (Å²) in [6.45, 7) is 6.31. The molecule has 0 spiro atoms. The number of hydrogen-bond donors (Lipinski definition) is 0. The van der Waals surface area contributed by atoms with Crippen LogP contribution < -0.4 is 0 Å². The Hall–Kier alpha value is -1.84.